The Morgan fingerprint density at radius 2 is 2.15 bits per heavy atom. The van der Waals surface area contributed by atoms with Gasteiger partial charge in [-0.1, -0.05) is 13.8 Å². The molecule has 2 heterocycles. The van der Waals surface area contributed by atoms with E-state index in [0.29, 0.717) is 19.0 Å². The van der Waals surface area contributed by atoms with Crippen molar-refractivity contribution in [2.75, 3.05) is 19.6 Å². The average molecular weight is 304 g/mol. The second kappa shape index (κ2) is 7.84. The van der Waals surface area contributed by atoms with Crippen LogP contribution < -0.4 is 10.6 Å². The van der Waals surface area contributed by atoms with Gasteiger partial charge in [-0.15, -0.1) is 12.4 Å². The standard InChI is InChI=1S/C14H25N3O2.ClH/c1-3-12(4-2)17-9-10(7-13(17)18)14(19)16-11-5-6-15-8-11;/h10-12,15H,3-9H2,1-2H3,(H,16,19);1H. The Labute approximate surface area is 127 Å². The first-order valence-corrected chi connectivity index (χ1v) is 7.46. The van der Waals surface area contributed by atoms with Gasteiger partial charge >= 0.3 is 0 Å². The number of hydrogen-bond acceptors (Lipinski definition) is 3. The minimum Gasteiger partial charge on any atom is -0.352 e. The average Bonchev–Trinajstić information content (AvgIpc) is 3.02. The van der Waals surface area contributed by atoms with E-state index in [4.69, 9.17) is 0 Å². The van der Waals surface area contributed by atoms with Crippen LogP contribution in [0.15, 0.2) is 0 Å². The van der Waals surface area contributed by atoms with E-state index in [0.717, 1.165) is 32.4 Å². The highest BCUT2D eigenvalue weighted by atomic mass is 35.5. The minimum atomic E-state index is -0.159. The van der Waals surface area contributed by atoms with E-state index in [2.05, 4.69) is 24.5 Å². The number of nitrogens with one attached hydrogen (secondary N) is 2. The van der Waals surface area contributed by atoms with E-state index in [9.17, 15) is 9.59 Å². The van der Waals surface area contributed by atoms with Crippen LogP contribution in [0.25, 0.3) is 0 Å². The normalized spacial score (nSPS) is 25.9. The van der Waals surface area contributed by atoms with Gasteiger partial charge in [-0.05, 0) is 25.8 Å². The van der Waals surface area contributed by atoms with Gasteiger partial charge in [0.05, 0.1) is 5.92 Å². The molecule has 2 aliphatic heterocycles. The summed E-state index contributed by atoms with van der Waals surface area (Å²) in [7, 11) is 0. The van der Waals surface area contributed by atoms with Crippen LogP contribution in [-0.4, -0.2) is 48.4 Å². The Kier molecular flexibility index (Phi) is 6.76. The van der Waals surface area contributed by atoms with E-state index in [1.807, 2.05) is 4.90 Å². The summed E-state index contributed by atoms with van der Waals surface area (Å²) >= 11 is 0. The molecule has 0 aromatic rings. The van der Waals surface area contributed by atoms with Crippen molar-refractivity contribution in [2.45, 2.75) is 51.6 Å². The molecule has 2 unspecified atom stereocenters. The maximum Gasteiger partial charge on any atom is 0.225 e. The molecule has 2 fully saturated rings. The summed E-state index contributed by atoms with van der Waals surface area (Å²) in [4.78, 5) is 26.1. The highest BCUT2D eigenvalue weighted by Gasteiger charge is 2.37. The van der Waals surface area contributed by atoms with Gasteiger partial charge in [-0.2, -0.15) is 0 Å². The topological polar surface area (TPSA) is 61.4 Å². The van der Waals surface area contributed by atoms with Crippen molar-refractivity contribution in [3.05, 3.63) is 0 Å². The molecule has 2 atom stereocenters. The second-order valence-corrected chi connectivity index (χ2v) is 5.62. The van der Waals surface area contributed by atoms with Gasteiger partial charge in [0.25, 0.3) is 0 Å². The second-order valence-electron chi connectivity index (χ2n) is 5.62. The number of likely N-dealkylation sites (tertiary alicyclic amines) is 1. The van der Waals surface area contributed by atoms with Gasteiger partial charge in [-0.25, -0.2) is 0 Å². The SMILES string of the molecule is CCC(CC)N1CC(C(=O)NC2CCNC2)CC1=O.Cl. The lowest BCUT2D eigenvalue weighted by atomic mass is 10.1. The van der Waals surface area contributed by atoms with Crippen molar-refractivity contribution in [3.63, 3.8) is 0 Å². The number of halogens is 1. The molecule has 2 aliphatic rings. The van der Waals surface area contributed by atoms with Crippen molar-refractivity contribution < 1.29 is 9.59 Å². The summed E-state index contributed by atoms with van der Waals surface area (Å²) in [5.41, 5.74) is 0. The molecular formula is C14H26ClN3O2. The molecule has 0 spiro atoms. The zero-order valence-corrected chi connectivity index (χ0v) is 13.2. The molecule has 2 amide bonds. The lowest BCUT2D eigenvalue weighted by molar-refractivity contribution is -0.130. The van der Waals surface area contributed by atoms with Gasteiger partial charge in [0.2, 0.25) is 11.8 Å². The van der Waals surface area contributed by atoms with E-state index in [1.54, 1.807) is 0 Å². The fourth-order valence-corrected chi connectivity index (χ4v) is 3.09. The van der Waals surface area contributed by atoms with Crippen molar-refractivity contribution in [3.8, 4) is 0 Å². The van der Waals surface area contributed by atoms with E-state index >= 15 is 0 Å². The summed E-state index contributed by atoms with van der Waals surface area (Å²) < 4.78 is 0. The van der Waals surface area contributed by atoms with Crippen LogP contribution in [0.5, 0.6) is 0 Å². The predicted molar refractivity (Wildman–Crippen MR) is 80.9 cm³/mol. The third-order valence-corrected chi connectivity index (χ3v) is 4.32. The lowest BCUT2D eigenvalue weighted by Crippen LogP contribution is -2.41. The highest BCUT2D eigenvalue weighted by molar-refractivity contribution is 5.89. The fraction of sp³-hybridized carbons (Fsp3) is 0.857. The molecule has 0 aliphatic carbocycles. The number of carbonyl (C=O) groups is 2. The van der Waals surface area contributed by atoms with E-state index in [-0.39, 0.29) is 36.2 Å². The Bertz CT molecular complexity index is 341. The van der Waals surface area contributed by atoms with Gasteiger partial charge < -0.3 is 15.5 Å². The molecule has 20 heavy (non-hydrogen) atoms. The summed E-state index contributed by atoms with van der Waals surface area (Å²) in [5.74, 6) is 0.0302. The number of carbonyl (C=O) groups excluding carboxylic acids is 2. The molecule has 5 nitrogen and oxygen atoms in total. The van der Waals surface area contributed by atoms with Gasteiger partial charge in [0.15, 0.2) is 0 Å². The van der Waals surface area contributed by atoms with Crippen molar-refractivity contribution in [1.29, 1.82) is 0 Å². The van der Waals surface area contributed by atoms with Crippen LogP contribution in [0.2, 0.25) is 0 Å². The smallest absolute Gasteiger partial charge is 0.225 e. The number of rotatable bonds is 5. The highest BCUT2D eigenvalue weighted by Crippen LogP contribution is 2.23. The molecule has 2 saturated heterocycles. The zero-order chi connectivity index (χ0) is 13.8. The molecule has 0 aromatic heterocycles. The number of amides is 2. The maximum absolute atomic E-state index is 12.2. The van der Waals surface area contributed by atoms with Crippen LogP contribution in [-0.2, 0) is 9.59 Å². The summed E-state index contributed by atoms with van der Waals surface area (Å²) in [5, 5.41) is 6.29. The van der Waals surface area contributed by atoms with Gasteiger partial charge in [-0.3, -0.25) is 9.59 Å². The Balaban J connectivity index is 0.00000200. The molecule has 0 bridgehead atoms. The first kappa shape index (κ1) is 17.2. The van der Waals surface area contributed by atoms with Crippen LogP contribution >= 0.6 is 12.4 Å². The first-order chi connectivity index (χ1) is 9.15. The van der Waals surface area contributed by atoms with Crippen molar-refractivity contribution >= 4 is 24.2 Å². The minimum absolute atomic E-state index is 0. The van der Waals surface area contributed by atoms with Crippen LogP contribution in [0.1, 0.15) is 39.5 Å². The number of hydrogen-bond donors (Lipinski definition) is 2. The van der Waals surface area contributed by atoms with E-state index in [1.165, 1.54) is 0 Å². The fourth-order valence-electron chi connectivity index (χ4n) is 3.09. The van der Waals surface area contributed by atoms with Gasteiger partial charge in [0, 0.05) is 31.6 Å². The van der Waals surface area contributed by atoms with E-state index < -0.39 is 0 Å². The third-order valence-electron chi connectivity index (χ3n) is 4.32. The third kappa shape index (κ3) is 3.85. The summed E-state index contributed by atoms with van der Waals surface area (Å²) in [6, 6.07) is 0.531. The zero-order valence-electron chi connectivity index (χ0n) is 12.4. The molecule has 0 saturated carbocycles. The Morgan fingerprint density at radius 3 is 2.70 bits per heavy atom. The summed E-state index contributed by atoms with van der Waals surface area (Å²) in [6.07, 6.45) is 3.29. The predicted octanol–water partition coefficient (Wildman–Crippen LogP) is 0.923. The maximum atomic E-state index is 12.2. The molecular weight excluding hydrogens is 278 g/mol. The van der Waals surface area contributed by atoms with Crippen molar-refractivity contribution in [2.24, 2.45) is 5.92 Å². The van der Waals surface area contributed by atoms with Crippen LogP contribution in [0.3, 0.4) is 0 Å². The molecule has 2 N–H and O–H groups in total. The van der Waals surface area contributed by atoms with Crippen LogP contribution in [0, 0.1) is 5.92 Å². The number of nitrogens with zero attached hydrogens (tertiary/aromatic N) is 1. The monoisotopic (exact) mass is 303 g/mol. The van der Waals surface area contributed by atoms with Crippen LogP contribution in [0.4, 0.5) is 0 Å². The lowest BCUT2D eigenvalue weighted by Gasteiger charge is -2.26. The Hall–Kier alpha value is -0.810. The summed E-state index contributed by atoms with van der Waals surface area (Å²) in [6.45, 7) is 6.60. The quantitative estimate of drug-likeness (QED) is 0.794. The molecule has 0 radical (unpaired) electrons. The Morgan fingerprint density at radius 1 is 1.45 bits per heavy atom. The molecule has 2 rings (SSSR count). The first-order valence-electron chi connectivity index (χ1n) is 7.46. The molecule has 6 heteroatoms. The van der Waals surface area contributed by atoms with Gasteiger partial charge in [0.1, 0.15) is 0 Å². The van der Waals surface area contributed by atoms with Crippen molar-refractivity contribution in [1.82, 2.24) is 15.5 Å². The molecule has 116 valence electrons. The molecule has 0 aromatic carbocycles. The largest absolute Gasteiger partial charge is 0.352 e.